The van der Waals surface area contributed by atoms with Crippen LogP contribution in [0.15, 0.2) is 48.5 Å². The zero-order chi connectivity index (χ0) is 13.7. The van der Waals surface area contributed by atoms with Gasteiger partial charge in [0, 0.05) is 3.57 Å². The molecule has 0 spiro atoms. The number of hydrogen-bond donors (Lipinski definition) is 1. The van der Waals surface area contributed by atoms with Crippen LogP contribution in [0.2, 0.25) is 0 Å². The maximum atomic E-state index is 5.32. The molecule has 2 aromatic rings. The van der Waals surface area contributed by atoms with E-state index in [-0.39, 0.29) is 6.04 Å². The molecule has 0 aromatic heterocycles. The molecule has 1 unspecified atom stereocenters. The average molecular weight is 367 g/mol. The standard InChI is InChI=1S/C16H18INO/c1-3-18-16(14-9-4-5-10-15(14)17)12-7-6-8-13(11-12)19-2/h4-11,16,18H,3H2,1-2H3. The molecule has 0 radical (unpaired) electrons. The molecule has 2 aromatic carbocycles. The van der Waals surface area contributed by atoms with Gasteiger partial charge < -0.3 is 10.1 Å². The van der Waals surface area contributed by atoms with Crippen LogP contribution in [-0.2, 0) is 0 Å². The number of ether oxygens (including phenoxy) is 1. The van der Waals surface area contributed by atoms with E-state index in [2.05, 4.69) is 71.2 Å². The molecule has 0 fully saturated rings. The first-order valence-corrected chi connectivity index (χ1v) is 7.46. The third-order valence-electron chi connectivity index (χ3n) is 3.05. The van der Waals surface area contributed by atoms with Crippen LogP contribution in [0.4, 0.5) is 0 Å². The molecule has 0 aliphatic heterocycles. The maximum absolute atomic E-state index is 5.32. The van der Waals surface area contributed by atoms with Gasteiger partial charge in [-0.2, -0.15) is 0 Å². The van der Waals surface area contributed by atoms with E-state index in [1.165, 1.54) is 14.7 Å². The van der Waals surface area contributed by atoms with Gasteiger partial charge in [-0.25, -0.2) is 0 Å². The number of nitrogens with one attached hydrogen (secondary N) is 1. The molecule has 0 bridgehead atoms. The van der Waals surface area contributed by atoms with Crippen molar-refractivity contribution in [3.63, 3.8) is 0 Å². The Morgan fingerprint density at radius 3 is 2.63 bits per heavy atom. The highest BCUT2D eigenvalue weighted by molar-refractivity contribution is 14.1. The van der Waals surface area contributed by atoms with Crippen LogP contribution in [0, 0.1) is 3.57 Å². The summed E-state index contributed by atoms with van der Waals surface area (Å²) in [6.07, 6.45) is 0. The van der Waals surface area contributed by atoms with Crippen LogP contribution in [-0.4, -0.2) is 13.7 Å². The molecule has 2 nitrogen and oxygen atoms in total. The molecule has 0 aliphatic carbocycles. The summed E-state index contributed by atoms with van der Waals surface area (Å²) in [4.78, 5) is 0. The van der Waals surface area contributed by atoms with E-state index in [4.69, 9.17) is 4.74 Å². The van der Waals surface area contributed by atoms with Gasteiger partial charge >= 0.3 is 0 Å². The molecule has 3 heteroatoms. The van der Waals surface area contributed by atoms with Gasteiger partial charge in [0.05, 0.1) is 13.2 Å². The van der Waals surface area contributed by atoms with Gasteiger partial charge in [-0.15, -0.1) is 0 Å². The molecule has 0 heterocycles. The molecular formula is C16H18INO. The number of methoxy groups -OCH3 is 1. The van der Waals surface area contributed by atoms with Gasteiger partial charge in [0.2, 0.25) is 0 Å². The Kier molecular flexibility index (Phi) is 5.22. The summed E-state index contributed by atoms with van der Waals surface area (Å²) >= 11 is 2.39. The van der Waals surface area contributed by atoms with Crippen LogP contribution in [0.25, 0.3) is 0 Å². The number of rotatable bonds is 5. The lowest BCUT2D eigenvalue weighted by Gasteiger charge is -2.20. The first-order chi connectivity index (χ1) is 9.26. The fourth-order valence-corrected chi connectivity index (χ4v) is 2.84. The zero-order valence-corrected chi connectivity index (χ0v) is 13.3. The van der Waals surface area contributed by atoms with Crippen molar-refractivity contribution in [3.8, 4) is 5.75 Å². The Morgan fingerprint density at radius 1 is 1.16 bits per heavy atom. The van der Waals surface area contributed by atoms with Gasteiger partial charge in [-0.3, -0.25) is 0 Å². The summed E-state index contributed by atoms with van der Waals surface area (Å²) in [6.45, 7) is 3.05. The summed E-state index contributed by atoms with van der Waals surface area (Å²) in [7, 11) is 1.70. The van der Waals surface area contributed by atoms with Gasteiger partial charge in [-0.05, 0) is 58.5 Å². The second-order valence-corrected chi connectivity index (χ2v) is 5.45. The van der Waals surface area contributed by atoms with Gasteiger partial charge in [0.25, 0.3) is 0 Å². The number of hydrogen-bond acceptors (Lipinski definition) is 2. The van der Waals surface area contributed by atoms with Crippen LogP contribution >= 0.6 is 22.6 Å². The molecule has 0 saturated heterocycles. The Bertz CT molecular complexity index is 542. The largest absolute Gasteiger partial charge is 0.497 e. The summed E-state index contributed by atoms with van der Waals surface area (Å²) in [5, 5.41) is 3.55. The second kappa shape index (κ2) is 6.91. The normalized spacial score (nSPS) is 12.2. The van der Waals surface area contributed by atoms with Crippen molar-refractivity contribution in [1.29, 1.82) is 0 Å². The monoisotopic (exact) mass is 367 g/mol. The number of benzene rings is 2. The van der Waals surface area contributed by atoms with E-state index in [1.54, 1.807) is 7.11 Å². The predicted molar refractivity (Wildman–Crippen MR) is 87.7 cm³/mol. The van der Waals surface area contributed by atoms with Crippen molar-refractivity contribution in [2.24, 2.45) is 0 Å². The second-order valence-electron chi connectivity index (χ2n) is 4.29. The average Bonchev–Trinajstić information content (AvgIpc) is 2.46. The Balaban J connectivity index is 2.42. The first-order valence-electron chi connectivity index (χ1n) is 6.38. The zero-order valence-electron chi connectivity index (χ0n) is 11.2. The van der Waals surface area contributed by atoms with Crippen molar-refractivity contribution < 1.29 is 4.74 Å². The molecule has 0 amide bonds. The fourth-order valence-electron chi connectivity index (χ4n) is 2.14. The van der Waals surface area contributed by atoms with Gasteiger partial charge in [0.1, 0.15) is 5.75 Å². The highest BCUT2D eigenvalue weighted by Crippen LogP contribution is 2.28. The van der Waals surface area contributed by atoms with E-state index >= 15 is 0 Å². The van der Waals surface area contributed by atoms with E-state index in [0.29, 0.717) is 0 Å². The fraction of sp³-hybridized carbons (Fsp3) is 0.250. The topological polar surface area (TPSA) is 21.3 Å². The lowest BCUT2D eigenvalue weighted by molar-refractivity contribution is 0.413. The molecule has 100 valence electrons. The third-order valence-corrected chi connectivity index (χ3v) is 4.03. The van der Waals surface area contributed by atoms with Crippen molar-refractivity contribution in [3.05, 3.63) is 63.2 Å². The maximum Gasteiger partial charge on any atom is 0.119 e. The third kappa shape index (κ3) is 3.48. The summed E-state index contributed by atoms with van der Waals surface area (Å²) in [5.41, 5.74) is 2.53. The summed E-state index contributed by atoms with van der Waals surface area (Å²) in [6, 6.07) is 16.9. The van der Waals surface area contributed by atoms with Gasteiger partial charge in [-0.1, -0.05) is 37.3 Å². The minimum atomic E-state index is 0.202. The first kappa shape index (κ1) is 14.3. The molecular weight excluding hydrogens is 349 g/mol. The minimum absolute atomic E-state index is 0.202. The number of halogens is 1. The van der Waals surface area contributed by atoms with Crippen molar-refractivity contribution in [2.75, 3.05) is 13.7 Å². The summed E-state index contributed by atoms with van der Waals surface area (Å²) in [5.74, 6) is 0.895. The van der Waals surface area contributed by atoms with E-state index < -0.39 is 0 Å². The Hall–Kier alpha value is -1.07. The Morgan fingerprint density at radius 2 is 1.95 bits per heavy atom. The quantitative estimate of drug-likeness (QED) is 0.807. The van der Waals surface area contributed by atoms with E-state index in [1.807, 2.05) is 12.1 Å². The van der Waals surface area contributed by atoms with E-state index in [9.17, 15) is 0 Å². The lowest BCUT2D eigenvalue weighted by Crippen LogP contribution is -2.22. The van der Waals surface area contributed by atoms with Crippen LogP contribution < -0.4 is 10.1 Å². The molecule has 0 saturated carbocycles. The van der Waals surface area contributed by atoms with Crippen LogP contribution in [0.3, 0.4) is 0 Å². The highest BCUT2D eigenvalue weighted by atomic mass is 127. The SMILES string of the molecule is CCNC(c1cccc(OC)c1)c1ccccc1I. The highest BCUT2D eigenvalue weighted by Gasteiger charge is 2.15. The summed E-state index contributed by atoms with van der Waals surface area (Å²) < 4.78 is 6.59. The van der Waals surface area contributed by atoms with E-state index in [0.717, 1.165) is 12.3 Å². The van der Waals surface area contributed by atoms with Crippen molar-refractivity contribution in [1.82, 2.24) is 5.32 Å². The van der Waals surface area contributed by atoms with Gasteiger partial charge in [0.15, 0.2) is 0 Å². The molecule has 1 N–H and O–H groups in total. The smallest absolute Gasteiger partial charge is 0.119 e. The lowest BCUT2D eigenvalue weighted by atomic mass is 9.98. The van der Waals surface area contributed by atoms with Crippen LogP contribution in [0.5, 0.6) is 5.75 Å². The molecule has 0 aliphatic rings. The molecule has 1 atom stereocenters. The van der Waals surface area contributed by atoms with Crippen molar-refractivity contribution >= 4 is 22.6 Å². The van der Waals surface area contributed by atoms with Crippen molar-refractivity contribution in [2.45, 2.75) is 13.0 Å². The van der Waals surface area contributed by atoms with Crippen LogP contribution in [0.1, 0.15) is 24.1 Å². The Labute approximate surface area is 128 Å². The minimum Gasteiger partial charge on any atom is -0.497 e. The molecule has 19 heavy (non-hydrogen) atoms. The predicted octanol–water partition coefficient (Wildman–Crippen LogP) is 4.00. The molecule has 2 rings (SSSR count).